The first-order valence-electron chi connectivity index (χ1n) is 1.68. The molecule has 36 valence electrons. The van der Waals surface area contributed by atoms with Crippen molar-refractivity contribution in [2.45, 2.75) is 6.92 Å². The average molecular weight is 96.1 g/mol. The highest BCUT2D eigenvalue weighted by molar-refractivity contribution is 6.43. The first-order chi connectivity index (χ1) is 3.18. The van der Waals surface area contributed by atoms with Gasteiger partial charge in [-0.1, -0.05) is 0 Å². The molecule has 0 atom stereocenters. The number of rotatable bonds is 1. The van der Waals surface area contributed by atoms with Crippen LogP contribution in [0.2, 0.25) is 0 Å². The predicted molar refractivity (Wildman–Crippen MR) is 24.0 cm³/mol. The van der Waals surface area contributed by atoms with Gasteiger partial charge in [0, 0.05) is 6.92 Å². The summed E-state index contributed by atoms with van der Waals surface area (Å²) < 4.78 is 0. The monoisotopic (exact) mass is 96.0 g/mol. The molecule has 0 saturated carbocycles. The van der Waals surface area contributed by atoms with E-state index in [1.165, 1.54) is 13.0 Å². The molecule has 0 unspecified atom stereocenters. The molecule has 3 heteroatoms. The quantitative estimate of drug-likeness (QED) is 0.471. The van der Waals surface area contributed by atoms with Gasteiger partial charge in [-0.15, -0.1) is 0 Å². The predicted octanol–water partition coefficient (Wildman–Crippen LogP) is 0.119. The molecule has 0 aromatic rings. The second-order valence-corrected chi connectivity index (χ2v) is 1.04. The van der Waals surface area contributed by atoms with Crippen molar-refractivity contribution in [3.63, 3.8) is 0 Å². The maximum Gasteiger partial charge on any atom is 0.188 e. The molecule has 0 aliphatic heterocycles. The van der Waals surface area contributed by atoms with E-state index in [2.05, 4.69) is 0 Å². The van der Waals surface area contributed by atoms with Crippen molar-refractivity contribution >= 4 is 11.5 Å². The number of carbonyl (C=O) groups excluding carboxylic acids is 1. The third-order valence-corrected chi connectivity index (χ3v) is 0.464. The molecule has 0 aromatic heterocycles. The maximum atomic E-state index is 9.93. The molecule has 3 nitrogen and oxygen atoms in total. The Labute approximate surface area is 41.1 Å². The van der Waals surface area contributed by atoms with Crippen LogP contribution >= 0.6 is 0 Å². The van der Waals surface area contributed by atoms with E-state index in [9.17, 15) is 4.79 Å². The molecule has 0 radical (unpaired) electrons. The van der Waals surface area contributed by atoms with Crippen molar-refractivity contribution in [3.05, 3.63) is 0 Å². The second kappa shape index (κ2) is 2.08. The number of Topliss-reactive ketones (excluding diaryl/α,β-unsaturated/α-hetero) is 1. The van der Waals surface area contributed by atoms with E-state index in [-0.39, 0.29) is 0 Å². The summed E-state index contributed by atoms with van der Waals surface area (Å²) in [5, 5.41) is 14.3. The van der Waals surface area contributed by atoms with Crippen molar-refractivity contribution in [3.8, 4) is 6.07 Å². The number of hydrogen-bond acceptors (Lipinski definition) is 3. The van der Waals surface area contributed by atoms with E-state index in [1.807, 2.05) is 0 Å². The number of nitrogens with one attached hydrogen (secondary N) is 1. The SMILES string of the molecule is CC(=O)C(=N)C#N. The minimum absolute atomic E-state index is 0.484. The van der Waals surface area contributed by atoms with Crippen LogP contribution in [0.4, 0.5) is 0 Å². The molecule has 0 aromatic carbocycles. The smallest absolute Gasteiger partial charge is 0.188 e. The highest BCUT2D eigenvalue weighted by Gasteiger charge is 1.96. The number of hydrogen-bond donors (Lipinski definition) is 1. The molecular formula is C4H4N2O. The summed E-state index contributed by atoms with van der Waals surface area (Å²) in [6.45, 7) is 1.19. The molecule has 0 bridgehead atoms. The zero-order chi connectivity index (χ0) is 5.86. The van der Waals surface area contributed by atoms with Crippen LogP contribution in [0.15, 0.2) is 0 Å². The number of ketones is 1. The topological polar surface area (TPSA) is 64.7 Å². The van der Waals surface area contributed by atoms with E-state index in [4.69, 9.17) is 10.7 Å². The third-order valence-electron chi connectivity index (χ3n) is 0.464. The summed E-state index contributed by atoms with van der Waals surface area (Å²) in [6, 6.07) is 1.40. The van der Waals surface area contributed by atoms with Crippen LogP contribution < -0.4 is 0 Å². The Hall–Kier alpha value is -1.17. The fourth-order valence-corrected chi connectivity index (χ4v) is 0.0787. The Morgan fingerprint density at radius 1 is 1.86 bits per heavy atom. The van der Waals surface area contributed by atoms with Crippen LogP contribution in [0.25, 0.3) is 0 Å². The molecule has 0 saturated heterocycles. The van der Waals surface area contributed by atoms with Crippen LogP contribution in [0.1, 0.15) is 6.92 Å². The van der Waals surface area contributed by atoms with Gasteiger partial charge in [-0.05, 0) is 0 Å². The molecule has 7 heavy (non-hydrogen) atoms. The van der Waals surface area contributed by atoms with Crippen LogP contribution in [0.5, 0.6) is 0 Å². The number of nitriles is 1. The Balaban J connectivity index is 3.90. The summed E-state index contributed by atoms with van der Waals surface area (Å²) in [4.78, 5) is 9.93. The summed E-state index contributed by atoms with van der Waals surface area (Å²) in [7, 11) is 0. The largest absolute Gasteiger partial charge is 0.292 e. The highest BCUT2D eigenvalue weighted by atomic mass is 16.1. The van der Waals surface area contributed by atoms with Crippen molar-refractivity contribution in [1.29, 1.82) is 10.7 Å². The fourth-order valence-electron chi connectivity index (χ4n) is 0.0787. The van der Waals surface area contributed by atoms with Crippen LogP contribution in [0, 0.1) is 16.7 Å². The molecule has 0 fully saturated rings. The van der Waals surface area contributed by atoms with Gasteiger partial charge in [-0.2, -0.15) is 5.26 Å². The first-order valence-corrected chi connectivity index (χ1v) is 1.68. The first kappa shape index (κ1) is 5.83. The van der Waals surface area contributed by atoms with Gasteiger partial charge in [-0.3, -0.25) is 10.2 Å². The lowest BCUT2D eigenvalue weighted by Gasteiger charge is -1.75. The Bertz CT molecular complexity index is 142. The van der Waals surface area contributed by atoms with Gasteiger partial charge in [0.15, 0.2) is 11.5 Å². The van der Waals surface area contributed by atoms with Gasteiger partial charge in [0.25, 0.3) is 0 Å². The minimum Gasteiger partial charge on any atom is -0.292 e. The lowest BCUT2D eigenvalue weighted by molar-refractivity contribution is -0.111. The standard InChI is InChI=1S/C4H4N2O/c1-3(7)4(6)2-5/h6H,1H3. The summed E-state index contributed by atoms with van der Waals surface area (Å²) in [5.74, 6) is -0.484. The van der Waals surface area contributed by atoms with E-state index in [1.54, 1.807) is 0 Å². The normalized spacial score (nSPS) is 6.86. The van der Waals surface area contributed by atoms with Crippen LogP contribution in [0.3, 0.4) is 0 Å². The van der Waals surface area contributed by atoms with Gasteiger partial charge >= 0.3 is 0 Å². The molecule has 0 heterocycles. The molecular weight excluding hydrogens is 92.1 g/mol. The van der Waals surface area contributed by atoms with E-state index in [0.717, 1.165) is 0 Å². The third kappa shape index (κ3) is 1.66. The van der Waals surface area contributed by atoms with E-state index >= 15 is 0 Å². The maximum absolute atomic E-state index is 9.93. The Kier molecular flexibility index (Phi) is 1.74. The van der Waals surface area contributed by atoms with Crippen LogP contribution in [-0.2, 0) is 4.79 Å². The molecule has 0 aliphatic carbocycles. The molecule has 1 N–H and O–H groups in total. The molecule has 0 aliphatic rings. The van der Waals surface area contributed by atoms with Gasteiger partial charge in [0.1, 0.15) is 6.07 Å². The van der Waals surface area contributed by atoms with Crippen molar-refractivity contribution in [2.24, 2.45) is 0 Å². The van der Waals surface area contributed by atoms with E-state index in [0.29, 0.717) is 0 Å². The second-order valence-electron chi connectivity index (χ2n) is 1.04. The van der Waals surface area contributed by atoms with Crippen molar-refractivity contribution in [1.82, 2.24) is 0 Å². The highest BCUT2D eigenvalue weighted by Crippen LogP contribution is 1.68. The minimum atomic E-state index is -0.486. The zero-order valence-corrected chi connectivity index (χ0v) is 3.86. The Morgan fingerprint density at radius 3 is 2.29 bits per heavy atom. The molecule has 0 amide bonds. The fraction of sp³-hybridized carbons (Fsp3) is 0.250. The average Bonchev–Trinajstić information content (AvgIpc) is 1.65. The number of nitrogens with zero attached hydrogens (tertiary/aromatic N) is 1. The summed E-state index contributed by atoms with van der Waals surface area (Å²) in [5.41, 5.74) is -0.486. The lowest BCUT2D eigenvalue weighted by Crippen LogP contribution is -2.03. The van der Waals surface area contributed by atoms with Gasteiger partial charge < -0.3 is 0 Å². The van der Waals surface area contributed by atoms with Gasteiger partial charge in [0.2, 0.25) is 0 Å². The molecule has 0 rings (SSSR count). The lowest BCUT2D eigenvalue weighted by atomic mass is 10.3. The number of carbonyl (C=O) groups is 1. The van der Waals surface area contributed by atoms with Gasteiger partial charge in [-0.25, -0.2) is 0 Å². The van der Waals surface area contributed by atoms with Crippen molar-refractivity contribution < 1.29 is 4.79 Å². The van der Waals surface area contributed by atoms with Gasteiger partial charge in [0.05, 0.1) is 0 Å². The zero-order valence-electron chi connectivity index (χ0n) is 3.86. The Morgan fingerprint density at radius 2 is 2.29 bits per heavy atom. The summed E-state index contributed by atoms with van der Waals surface area (Å²) >= 11 is 0. The summed E-state index contributed by atoms with van der Waals surface area (Å²) in [6.07, 6.45) is 0. The van der Waals surface area contributed by atoms with Crippen molar-refractivity contribution in [2.75, 3.05) is 0 Å². The van der Waals surface area contributed by atoms with Crippen LogP contribution in [-0.4, -0.2) is 11.5 Å². The van der Waals surface area contributed by atoms with E-state index < -0.39 is 11.5 Å². The molecule has 0 spiro atoms.